The largest absolute Gasteiger partial charge is 0.460 e. The summed E-state index contributed by atoms with van der Waals surface area (Å²) in [6, 6.07) is 9.68. The highest BCUT2D eigenvalue weighted by molar-refractivity contribution is 7.89. The molecule has 0 spiro atoms. The first-order valence-electron chi connectivity index (χ1n) is 8.58. The summed E-state index contributed by atoms with van der Waals surface area (Å²) < 4.78 is 36.9. The number of nitriles is 1. The summed E-state index contributed by atoms with van der Waals surface area (Å²) in [5, 5.41) is 9.03. The fraction of sp³-hybridized carbons (Fsp3) is 0.333. The smallest absolute Gasteiger partial charge is 0.374 e. The van der Waals surface area contributed by atoms with E-state index < -0.39 is 16.0 Å². The predicted molar refractivity (Wildman–Crippen MR) is 102 cm³/mol. The summed E-state index contributed by atoms with van der Waals surface area (Å²) in [5.41, 5.74) is 1.21. The van der Waals surface area contributed by atoms with Crippen molar-refractivity contribution in [3.63, 3.8) is 0 Å². The van der Waals surface area contributed by atoms with Crippen molar-refractivity contribution in [1.29, 1.82) is 5.26 Å². The SMILES string of the molecule is CCOC(=O)c1ccc(S(=O)(=O)N2CCN(c3ccc(C#N)c(Cl)c3)CC2)o1. The molecule has 1 fully saturated rings. The highest BCUT2D eigenvalue weighted by Crippen LogP contribution is 2.26. The molecule has 0 amide bonds. The summed E-state index contributed by atoms with van der Waals surface area (Å²) in [6.07, 6.45) is 0. The number of piperazine rings is 1. The second-order valence-corrected chi connectivity index (χ2v) is 8.28. The fourth-order valence-corrected chi connectivity index (χ4v) is 4.43. The molecule has 0 unspecified atom stereocenters. The Kier molecular flexibility index (Phi) is 5.93. The number of halogens is 1. The van der Waals surface area contributed by atoms with E-state index in [1.807, 2.05) is 11.0 Å². The summed E-state index contributed by atoms with van der Waals surface area (Å²) in [7, 11) is -3.85. The van der Waals surface area contributed by atoms with Gasteiger partial charge in [-0.1, -0.05) is 11.6 Å². The van der Waals surface area contributed by atoms with Crippen LogP contribution in [0.2, 0.25) is 5.02 Å². The highest BCUT2D eigenvalue weighted by Gasteiger charge is 2.32. The molecule has 1 aliphatic heterocycles. The van der Waals surface area contributed by atoms with Crippen molar-refractivity contribution in [2.24, 2.45) is 0 Å². The van der Waals surface area contributed by atoms with Crippen molar-refractivity contribution >= 4 is 33.3 Å². The Hall–Kier alpha value is -2.54. The molecular formula is C18H18ClN3O5S. The van der Waals surface area contributed by atoms with Gasteiger partial charge in [-0.15, -0.1) is 0 Å². The van der Waals surface area contributed by atoms with Crippen molar-refractivity contribution in [2.45, 2.75) is 12.0 Å². The number of furan rings is 1. The van der Waals surface area contributed by atoms with Crippen molar-refractivity contribution in [3.8, 4) is 6.07 Å². The van der Waals surface area contributed by atoms with Crippen LogP contribution in [0.4, 0.5) is 5.69 Å². The number of carbonyl (C=O) groups is 1. The first-order valence-corrected chi connectivity index (χ1v) is 10.4. The van der Waals surface area contributed by atoms with Gasteiger partial charge in [0.25, 0.3) is 10.0 Å². The summed E-state index contributed by atoms with van der Waals surface area (Å²) in [6.45, 7) is 3.21. The average molecular weight is 424 g/mol. The number of ether oxygens (including phenoxy) is 1. The molecule has 0 atom stereocenters. The Morgan fingerprint density at radius 1 is 1.25 bits per heavy atom. The number of nitrogens with zero attached hydrogens (tertiary/aromatic N) is 3. The third-order valence-corrected chi connectivity index (χ3v) is 6.41. The molecule has 148 valence electrons. The van der Waals surface area contributed by atoms with Crippen LogP contribution in [-0.2, 0) is 14.8 Å². The van der Waals surface area contributed by atoms with Crippen molar-refractivity contribution in [1.82, 2.24) is 4.31 Å². The van der Waals surface area contributed by atoms with Gasteiger partial charge in [0.05, 0.1) is 17.2 Å². The zero-order valence-corrected chi connectivity index (χ0v) is 16.7. The number of benzene rings is 1. The van der Waals surface area contributed by atoms with Gasteiger partial charge in [0, 0.05) is 31.9 Å². The minimum atomic E-state index is -3.85. The Bertz CT molecular complexity index is 1020. The maximum Gasteiger partial charge on any atom is 0.374 e. The molecule has 0 saturated carbocycles. The van der Waals surface area contributed by atoms with Crippen molar-refractivity contribution in [2.75, 3.05) is 37.7 Å². The number of esters is 1. The number of hydrogen-bond donors (Lipinski definition) is 0. The van der Waals surface area contributed by atoms with E-state index in [9.17, 15) is 13.2 Å². The third kappa shape index (κ3) is 3.99. The number of sulfonamides is 1. The Labute approximate surface area is 167 Å². The van der Waals surface area contributed by atoms with E-state index >= 15 is 0 Å². The lowest BCUT2D eigenvalue weighted by Gasteiger charge is -2.35. The lowest BCUT2D eigenvalue weighted by Crippen LogP contribution is -2.48. The molecule has 1 aromatic carbocycles. The molecule has 2 aromatic rings. The molecule has 1 aromatic heterocycles. The maximum absolute atomic E-state index is 12.8. The minimum Gasteiger partial charge on any atom is -0.460 e. The van der Waals surface area contributed by atoms with Crippen LogP contribution in [0.5, 0.6) is 0 Å². The lowest BCUT2D eigenvalue weighted by atomic mass is 10.2. The molecule has 2 heterocycles. The highest BCUT2D eigenvalue weighted by atomic mass is 35.5. The number of anilines is 1. The summed E-state index contributed by atoms with van der Waals surface area (Å²) in [4.78, 5) is 13.7. The topological polar surface area (TPSA) is 104 Å². The van der Waals surface area contributed by atoms with Gasteiger partial charge in [0.15, 0.2) is 0 Å². The second kappa shape index (κ2) is 8.22. The van der Waals surface area contributed by atoms with Crippen LogP contribution in [0.3, 0.4) is 0 Å². The Morgan fingerprint density at radius 3 is 2.57 bits per heavy atom. The molecular weight excluding hydrogens is 406 g/mol. The molecule has 10 heteroatoms. The molecule has 0 aliphatic carbocycles. The lowest BCUT2D eigenvalue weighted by molar-refractivity contribution is 0.0483. The standard InChI is InChI=1S/C18H18ClN3O5S/c1-2-26-18(23)16-5-6-17(27-16)28(24,25)22-9-7-21(8-10-22)14-4-3-13(12-20)15(19)11-14/h3-6,11H,2,7-10H2,1H3. The van der Waals surface area contributed by atoms with E-state index in [4.69, 9.17) is 26.0 Å². The first-order chi connectivity index (χ1) is 13.4. The van der Waals surface area contributed by atoms with Gasteiger partial charge < -0.3 is 14.1 Å². The summed E-state index contributed by atoms with van der Waals surface area (Å²) in [5.74, 6) is -0.849. The third-order valence-electron chi connectivity index (χ3n) is 4.33. The second-order valence-electron chi connectivity index (χ2n) is 6.01. The average Bonchev–Trinajstić information content (AvgIpc) is 3.19. The number of rotatable bonds is 5. The quantitative estimate of drug-likeness (QED) is 0.680. The molecule has 1 aliphatic rings. The van der Waals surface area contributed by atoms with Gasteiger partial charge in [0.2, 0.25) is 10.9 Å². The van der Waals surface area contributed by atoms with Gasteiger partial charge in [0.1, 0.15) is 6.07 Å². The van der Waals surface area contributed by atoms with Crippen LogP contribution >= 0.6 is 11.6 Å². The van der Waals surface area contributed by atoms with Gasteiger partial charge in [-0.05, 0) is 37.3 Å². The van der Waals surface area contributed by atoms with E-state index in [1.165, 1.54) is 16.4 Å². The van der Waals surface area contributed by atoms with Crippen LogP contribution < -0.4 is 4.90 Å². The van der Waals surface area contributed by atoms with Crippen LogP contribution in [0.1, 0.15) is 23.0 Å². The number of hydrogen-bond acceptors (Lipinski definition) is 7. The molecule has 0 bridgehead atoms. The zero-order valence-electron chi connectivity index (χ0n) is 15.1. The fourth-order valence-electron chi connectivity index (χ4n) is 2.88. The Balaban J connectivity index is 1.69. The minimum absolute atomic E-state index is 0.147. The zero-order chi connectivity index (χ0) is 20.3. The summed E-state index contributed by atoms with van der Waals surface area (Å²) >= 11 is 6.07. The van der Waals surface area contributed by atoms with Crippen molar-refractivity contribution < 1.29 is 22.4 Å². The van der Waals surface area contributed by atoms with Crippen LogP contribution in [-0.4, -0.2) is 51.5 Å². The van der Waals surface area contributed by atoms with E-state index in [-0.39, 0.29) is 30.5 Å². The molecule has 28 heavy (non-hydrogen) atoms. The van der Waals surface area contributed by atoms with Gasteiger partial charge in [-0.2, -0.15) is 9.57 Å². The monoisotopic (exact) mass is 423 g/mol. The maximum atomic E-state index is 12.8. The first kappa shape index (κ1) is 20.2. The van der Waals surface area contributed by atoms with Crippen LogP contribution in [0, 0.1) is 11.3 Å². The van der Waals surface area contributed by atoms with E-state index in [0.29, 0.717) is 23.7 Å². The molecule has 8 nitrogen and oxygen atoms in total. The van der Waals surface area contributed by atoms with Crippen molar-refractivity contribution in [3.05, 3.63) is 46.7 Å². The van der Waals surface area contributed by atoms with Gasteiger partial charge in [-0.3, -0.25) is 0 Å². The molecule has 1 saturated heterocycles. The molecule has 0 N–H and O–H groups in total. The van der Waals surface area contributed by atoms with Crippen LogP contribution in [0.15, 0.2) is 39.8 Å². The molecule has 3 rings (SSSR count). The normalized spacial score (nSPS) is 15.2. The van der Waals surface area contributed by atoms with E-state index in [2.05, 4.69) is 0 Å². The van der Waals surface area contributed by atoms with E-state index in [1.54, 1.807) is 25.1 Å². The van der Waals surface area contributed by atoms with Gasteiger partial charge >= 0.3 is 5.97 Å². The predicted octanol–water partition coefficient (Wildman–Crippen LogP) is 2.49. The van der Waals surface area contributed by atoms with Gasteiger partial charge in [-0.25, -0.2) is 13.2 Å². The number of carbonyl (C=O) groups excluding carboxylic acids is 1. The van der Waals surface area contributed by atoms with E-state index in [0.717, 1.165) is 5.69 Å². The van der Waals surface area contributed by atoms with Crippen LogP contribution in [0.25, 0.3) is 0 Å². The Morgan fingerprint density at radius 2 is 1.96 bits per heavy atom. The molecule has 0 radical (unpaired) electrons.